The normalized spacial score (nSPS) is 12.7. The molecular weight excluding hydrogens is 271 g/mol. The van der Waals surface area contributed by atoms with Gasteiger partial charge in [-0.2, -0.15) is 4.72 Å². The lowest BCUT2D eigenvalue weighted by Crippen LogP contribution is -2.44. The van der Waals surface area contributed by atoms with E-state index in [0.717, 1.165) is 24.3 Å². The summed E-state index contributed by atoms with van der Waals surface area (Å²) in [6, 6.07) is 3.40. The molecule has 0 aliphatic rings. The lowest BCUT2D eigenvalue weighted by molar-refractivity contribution is -0.122. The van der Waals surface area contributed by atoms with Gasteiger partial charge in [0.1, 0.15) is 5.82 Å². The molecule has 7 heteroatoms. The molecule has 1 rings (SSSR count). The first-order chi connectivity index (χ1) is 8.86. The Hall–Kier alpha value is -1.73. The summed E-state index contributed by atoms with van der Waals surface area (Å²) in [5.41, 5.74) is 0. The van der Waals surface area contributed by atoms with E-state index < -0.39 is 27.8 Å². The van der Waals surface area contributed by atoms with Crippen molar-refractivity contribution in [2.45, 2.75) is 17.9 Å². The fraction of sp³-hybridized carbons (Fsp3) is 0.250. The van der Waals surface area contributed by atoms with E-state index in [1.54, 1.807) is 0 Å². The molecule has 5 nitrogen and oxygen atoms in total. The van der Waals surface area contributed by atoms with Crippen LogP contribution < -0.4 is 10.0 Å². The van der Waals surface area contributed by atoms with Gasteiger partial charge in [0.2, 0.25) is 15.9 Å². The Balaban J connectivity index is 2.76. The van der Waals surface area contributed by atoms with E-state index in [1.165, 1.54) is 13.0 Å². The lowest BCUT2D eigenvalue weighted by Gasteiger charge is -2.13. The van der Waals surface area contributed by atoms with Gasteiger partial charge in [-0.25, -0.2) is 12.8 Å². The number of carbonyl (C=O) groups excluding carboxylic acids is 1. The molecule has 19 heavy (non-hydrogen) atoms. The zero-order valence-corrected chi connectivity index (χ0v) is 11.2. The molecular formula is C12H15FN2O3S. The van der Waals surface area contributed by atoms with Gasteiger partial charge in [0.15, 0.2) is 0 Å². The van der Waals surface area contributed by atoms with E-state index in [1.807, 2.05) is 0 Å². The molecule has 0 saturated carbocycles. The smallest absolute Gasteiger partial charge is 0.241 e. The highest BCUT2D eigenvalue weighted by molar-refractivity contribution is 7.89. The molecule has 0 saturated heterocycles. The van der Waals surface area contributed by atoms with Gasteiger partial charge >= 0.3 is 0 Å². The van der Waals surface area contributed by atoms with E-state index in [9.17, 15) is 17.6 Å². The summed E-state index contributed by atoms with van der Waals surface area (Å²) in [5, 5.41) is 2.47. The van der Waals surface area contributed by atoms with Crippen molar-refractivity contribution in [2.24, 2.45) is 0 Å². The molecule has 1 aromatic rings. The van der Waals surface area contributed by atoms with Gasteiger partial charge in [-0.1, -0.05) is 6.08 Å². The number of hydrogen-bond acceptors (Lipinski definition) is 3. The van der Waals surface area contributed by atoms with Crippen molar-refractivity contribution >= 4 is 15.9 Å². The SMILES string of the molecule is C=CCNC(=O)C(C)NS(=O)(=O)c1ccc(F)cc1. The molecule has 1 atom stereocenters. The average Bonchev–Trinajstić information content (AvgIpc) is 2.35. The molecule has 1 aromatic carbocycles. The summed E-state index contributed by atoms with van der Waals surface area (Å²) in [5.74, 6) is -0.999. The van der Waals surface area contributed by atoms with Crippen molar-refractivity contribution in [3.63, 3.8) is 0 Å². The standard InChI is InChI=1S/C12H15FN2O3S/c1-3-8-14-12(16)9(2)15-19(17,18)11-6-4-10(13)5-7-11/h3-7,9,15H,1,8H2,2H3,(H,14,16). The predicted molar refractivity (Wildman–Crippen MR) is 69.4 cm³/mol. The van der Waals surface area contributed by atoms with Crippen molar-refractivity contribution in [3.8, 4) is 0 Å². The van der Waals surface area contributed by atoms with Crippen molar-refractivity contribution < 1.29 is 17.6 Å². The van der Waals surface area contributed by atoms with Crippen LogP contribution in [0.2, 0.25) is 0 Å². The van der Waals surface area contributed by atoms with Crippen LogP contribution in [0.4, 0.5) is 4.39 Å². The molecule has 0 spiro atoms. The van der Waals surface area contributed by atoms with E-state index in [2.05, 4.69) is 16.6 Å². The second-order valence-corrected chi connectivity index (χ2v) is 5.54. The van der Waals surface area contributed by atoms with Crippen LogP contribution in [0.5, 0.6) is 0 Å². The summed E-state index contributed by atoms with van der Waals surface area (Å²) < 4.78 is 38.7. The second-order valence-electron chi connectivity index (χ2n) is 3.83. The topological polar surface area (TPSA) is 75.3 Å². The Bertz CT molecular complexity index is 555. The van der Waals surface area contributed by atoms with Crippen LogP contribution in [0, 0.1) is 5.82 Å². The average molecular weight is 286 g/mol. The summed E-state index contributed by atoms with van der Waals surface area (Å²) in [7, 11) is -3.85. The summed E-state index contributed by atoms with van der Waals surface area (Å²) in [6.07, 6.45) is 1.49. The Morgan fingerprint density at radius 2 is 2.00 bits per heavy atom. The number of amides is 1. The zero-order chi connectivity index (χ0) is 14.5. The number of benzene rings is 1. The number of halogens is 1. The molecule has 0 radical (unpaired) electrons. The monoisotopic (exact) mass is 286 g/mol. The van der Waals surface area contributed by atoms with Crippen LogP contribution >= 0.6 is 0 Å². The van der Waals surface area contributed by atoms with E-state index in [4.69, 9.17) is 0 Å². The third kappa shape index (κ3) is 4.46. The minimum atomic E-state index is -3.85. The van der Waals surface area contributed by atoms with Crippen molar-refractivity contribution in [2.75, 3.05) is 6.54 Å². The molecule has 1 unspecified atom stereocenters. The molecule has 104 valence electrons. The fourth-order valence-corrected chi connectivity index (χ4v) is 2.50. The largest absolute Gasteiger partial charge is 0.351 e. The number of hydrogen-bond donors (Lipinski definition) is 2. The molecule has 0 bridgehead atoms. The maximum Gasteiger partial charge on any atom is 0.241 e. The first kappa shape index (κ1) is 15.3. The molecule has 0 fully saturated rings. The highest BCUT2D eigenvalue weighted by Crippen LogP contribution is 2.10. The Labute approximate surface area is 111 Å². The van der Waals surface area contributed by atoms with Gasteiger partial charge in [0.25, 0.3) is 0 Å². The van der Waals surface area contributed by atoms with E-state index >= 15 is 0 Å². The van der Waals surface area contributed by atoms with Crippen LogP contribution in [-0.2, 0) is 14.8 Å². The molecule has 0 aromatic heterocycles. The first-order valence-corrected chi connectivity index (χ1v) is 7.01. The van der Waals surface area contributed by atoms with Crippen LogP contribution in [0.1, 0.15) is 6.92 Å². The van der Waals surface area contributed by atoms with Gasteiger partial charge in [0.05, 0.1) is 10.9 Å². The van der Waals surface area contributed by atoms with E-state index in [-0.39, 0.29) is 11.4 Å². The Morgan fingerprint density at radius 1 is 1.42 bits per heavy atom. The van der Waals surface area contributed by atoms with Gasteiger partial charge < -0.3 is 5.32 Å². The molecule has 0 aliphatic heterocycles. The maximum atomic E-state index is 12.7. The third-order valence-electron chi connectivity index (χ3n) is 2.27. The summed E-state index contributed by atoms with van der Waals surface area (Å²) >= 11 is 0. The van der Waals surface area contributed by atoms with Gasteiger partial charge in [-0.15, -0.1) is 6.58 Å². The highest BCUT2D eigenvalue weighted by Gasteiger charge is 2.21. The molecule has 0 aliphatic carbocycles. The molecule has 0 heterocycles. The number of rotatable bonds is 6. The van der Waals surface area contributed by atoms with Gasteiger partial charge in [0, 0.05) is 6.54 Å². The molecule has 1 amide bonds. The van der Waals surface area contributed by atoms with Crippen molar-refractivity contribution in [1.82, 2.24) is 10.0 Å². The highest BCUT2D eigenvalue weighted by atomic mass is 32.2. The first-order valence-electron chi connectivity index (χ1n) is 5.53. The quantitative estimate of drug-likeness (QED) is 0.759. The minimum absolute atomic E-state index is 0.0997. The Morgan fingerprint density at radius 3 is 2.53 bits per heavy atom. The van der Waals surface area contributed by atoms with Crippen molar-refractivity contribution in [1.29, 1.82) is 0 Å². The third-order valence-corrected chi connectivity index (χ3v) is 3.83. The summed E-state index contributed by atoms with van der Waals surface area (Å²) in [6.45, 7) is 5.10. The summed E-state index contributed by atoms with van der Waals surface area (Å²) in [4.78, 5) is 11.4. The molecule has 2 N–H and O–H groups in total. The minimum Gasteiger partial charge on any atom is -0.351 e. The predicted octanol–water partition coefficient (Wildman–Crippen LogP) is 0.795. The van der Waals surface area contributed by atoms with Crippen LogP contribution in [0.15, 0.2) is 41.8 Å². The van der Waals surface area contributed by atoms with E-state index in [0.29, 0.717) is 0 Å². The Kier molecular flexibility index (Phi) is 5.20. The fourth-order valence-electron chi connectivity index (χ4n) is 1.29. The van der Waals surface area contributed by atoms with Gasteiger partial charge in [-0.3, -0.25) is 4.79 Å². The van der Waals surface area contributed by atoms with Crippen LogP contribution in [0.3, 0.4) is 0 Å². The lowest BCUT2D eigenvalue weighted by atomic mass is 10.3. The number of nitrogens with one attached hydrogen (secondary N) is 2. The van der Waals surface area contributed by atoms with Gasteiger partial charge in [-0.05, 0) is 31.2 Å². The second kappa shape index (κ2) is 6.44. The maximum absolute atomic E-state index is 12.7. The number of sulfonamides is 1. The van der Waals surface area contributed by atoms with Crippen LogP contribution in [0.25, 0.3) is 0 Å². The van der Waals surface area contributed by atoms with Crippen LogP contribution in [-0.4, -0.2) is 26.9 Å². The van der Waals surface area contributed by atoms with Crippen molar-refractivity contribution in [3.05, 3.63) is 42.7 Å². The number of carbonyl (C=O) groups is 1. The zero-order valence-electron chi connectivity index (χ0n) is 10.4.